The standard InChI is InChI=1S/C13H17ClFNO2/c1-8(16-12(17)18-13(2,3)4)9-6-5-7-10(14)11(9)15/h5-8H,1-4H3,(H,16,17). The zero-order chi connectivity index (χ0) is 13.9. The molecule has 3 nitrogen and oxygen atoms in total. The number of halogens is 2. The van der Waals surface area contributed by atoms with Crippen LogP contribution in [-0.4, -0.2) is 11.7 Å². The smallest absolute Gasteiger partial charge is 0.408 e. The molecule has 0 heterocycles. The van der Waals surface area contributed by atoms with E-state index in [1.165, 1.54) is 6.07 Å². The van der Waals surface area contributed by atoms with Gasteiger partial charge in [-0.1, -0.05) is 23.7 Å². The van der Waals surface area contributed by atoms with E-state index in [0.717, 1.165) is 0 Å². The van der Waals surface area contributed by atoms with Crippen molar-refractivity contribution in [3.05, 3.63) is 34.6 Å². The maximum absolute atomic E-state index is 13.7. The summed E-state index contributed by atoms with van der Waals surface area (Å²) in [5.41, 5.74) is -0.259. The lowest BCUT2D eigenvalue weighted by Crippen LogP contribution is -2.34. The van der Waals surface area contributed by atoms with Crippen LogP contribution in [0.15, 0.2) is 18.2 Å². The van der Waals surface area contributed by atoms with E-state index in [4.69, 9.17) is 16.3 Å². The van der Waals surface area contributed by atoms with E-state index in [-0.39, 0.29) is 5.02 Å². The molecule has 1 N–H and O–H groups in total. The number of alkyl carbamates (subject to hydrolysis) is 1. The second-order valence-electron chi connectivity index (χ2n) is 5.01. The molecule has 0 saturated heterocycles. The van der Waals surface area contributed by atoms with Gasteiger partial charge in [-0.05, 0) is 33.8 Å². The molecule has 0 radical (unpaired) electrons. The van der Waals surface area contributed by atoms with E-state index in [1.807, 2.05) is 0 Å². The quantitative estimate of drug-likeness (QED) is 0.882. The van der Waals surface area contributed by atoms with E-state index in [9.17, 15) is 9.18 Å². The van der Waals surface area contributed by atoms with Crippen LogP contribution in [0.1, 0.15) is 39.3 Å². The van der Waals surface area contributed by atoms with Crippen LogP contribution in [0.2, 0.25) is 5.02 Å². The highest BCUT2D eigenvalue weighted by Gasteiger charge is 2.20. The molecule has 1 amide bonds. The molecule has 0 aliphatic rings. The first-order chi connectivity index (χ1) is 8.20. The summed E-state index contributed by atoms with van der Waals surface area (Å²) < 4.78 is 18.8. The van der Waals surface area contributed by atoms with Crippen LogP contribution in [0.5, 0.6) is 0 Å². The van der Waals surface area contributed by atoms with Gasteiger partial charge in [-0.15, -0.1) is 0 Å². The van der Waals surface area contributed by atoms with Crippen LogP contribution >= 0.6 is 11.6 Å². The molecule has 0 bridgehead atoms. The molecule has 0 saturated carbocycles. The molecule has 0 aliphatic heterocycles. The second kappa shape index (κ2) is 5.57. The number of carbonyl (C=O) groups is 1. The first-order valence-electron chi connectivity index (χ1n) is 5.64. The Morgan fingerprint density at radius 2 is 2.06 bits per heavy atom. The molecule has 1 aromatic carbocycles. The van der Waals surface area contributed by atoms with Crippen molar-refractivity contribution >= 4 is 17.7 Å². The summed E-state index contributed by atoms with van der Waals surface area (Å²) in [5, 5.41) is 2.59. The van der Waals surface area contributed by atoms with E-state index in [0.29, 0.717) is 5.56 Å². The molecule has 18 heavy (non-hydrogen) atoms. The van der Waals surface area contributed by atoms with Crippen LogP contribution in [0.3, 0.4) is 0 Å². The number of hydrogen-bond acceptors (Lipinski definition) is 2. The fraction of sp³-hybridized carbons (Fsp3) is 0.462. The third-order valence-corrected chi connectivity index (χ3v) is 2.47. The summed E-state index contributed by atoms with van der Waals surface area (Å²) in [5.74, 6) is -0.525. The van der Waals surface area contributed by atoms with Crippen molar-refractivity contribution in [2.24, 2.45) is 0 Å². The largest absolute Gasteiger partial charge is 0.444 e. The summed E-state index contributed by atoms with van der Waals surface area (Å²) in [4.78, 5) is 11.5. The van der Waals surface area contributed by atoms with Gasteiger partial charge in [0.05, 0.1) is 11.1 Å². The lowest BCUT2D eigenvalue weighted by Gasteiger charge is -2.22. The minimum Gasteiger partial charge on any atom is -0.444 e. The zero-order valence-corrected chi connectivity index (χ0v) is 11.6. The van der Waals surface area contributed by atoms with Gasteiger partial charge in [-0.2, -0.15) is 0 Å². The van der Waals surface area contributed by atoms with Crippen molar-refractivity contribution in [1.29, 1.82) is 0 Å². The molecule has 1 aromatic rings. The highest BCUT2D eigenvalue weighted by atomic mass is 35.5. The Morgan fingerprint density at radius 3 is 2.61 bits per heavy atom. The number of benzene rings is 1. The molecule has 1 atom stereocenters. The molecular formula is C13H17ClFNO2. The summed E-state index contributed by atoms with van der Waals surface area (Å²) >= 11 is 5.68. The van der Waals surface area contributed by atoms with Gasteiger partial charge < -0.3 is 10.1 Å². The minimum atomic E-state index is -0.589. The van der Waals surface area contributed by atoms with Crippen molar-refractivity contribution in [2.75, 3.05) is 0 Å². The Balaban J connectivity index is 2.74. The van der Waals surface area contributed by atoms with Crippen LogP contribution in [0, 0.1) is 5.82 Å². The van der Waals surface area contributed by atoms with E-state index in [2.05, 4.69) is 5.32 Å². The van der Waals surface area contributed by atoms with Gasteiger partial charge in [-0.3, -0.25) is 0 Å². The first-order valence-corrected chi connectivity index (χ1v) is 6.02. The maximum atomic E-state index is 13.7. The van der Waals surface area contributed by atoms with Crippen molar-refractivity contribution in [2.45, 2.75) is 39.3 Å². The van der Waals surface area contributed by atoms with E-state index >= 15 is 0 Å². The molecule has 0 spiro atoms. The number of amides is 1. The Morgan fingerprint density at radius 1 is 1.44 bits per heavy atom. The van der Waals surface area contributed by atoms with Crippen molar-refractivity contribution in [1.82, 2.24) is 5.32 Å². The Hall–Kier alpha value is -1.29. The minimum absolute atomic E-state index is 0.0327. The topological polar surface area (TPSA) is 38.3 Å². The summed E-state index contributed by atoms with van der Waals surface area (Å²) in [6.45, 7) is 6.95. The zero-order valence-electron chi connectivity index (χ0n) is 10.9. The summed E-state index contributed by atoms with van der Waals surface area (Å²) in [6, 6.07) is 4.15. The molecule has 5 heteroatoms. The molecule has 100 valence electrons. The maximum Gasteiger partial charge on any atom is 0.408 e. The second-order valence-corrected chi connectivity index (χ2v) is 5.42. The highest BCUT2D eigenvalue weighted by Crippen LogP contribution is 2.23. The lowest BCUT2D eigenvalue weighted by atomic mass is 10.1. The van der Waals surface area contributed by atoms with E-state index < -0.39 is 23.6 Å². The lowest BCUT2D eigenvalue weighted by molar-refractivity contribution is 0.0507. The fourth-order valence-electron chi connectivity index (χ4n) is 1.42. The summed E-state index contributed by atoms with van der Waals surface area (Å²) in [6.07, 6.45) is -0.589. The van der Waals surface area contributed by atoms with Crippen LogP contribution in [0.25, 0.3) is 0 Å². The van der Waals surface area contributed by atoms with Gasteiger partial charge in [0.15, 0.2) is 0 Å². The number of hydrogen-bond donors (Lipinski definition) is 1. The van der Waals surface area contributed by atoms with Crippen molar-refractivity contribution < 1.29 is 13.9 Å². The predicted molar refractivity (Wildman–Crippen MR) is 69.2 cm³/mol. The first kappa shape index (κ1) is 14.8. The Kier molecular flexibility index (Phi) is 4.57. The third kappa shape index (κ3) is 4.18. The molecule has 1 rings (SSSR count). The monoisotopic (exact) mass is 273 g/mol. The molecule has 0 aliphatic carbocycles. The SMILES string of the molecule is CC(NC(=O)OC(C)(C)C)c1cccc(Cl)c1F. The Bertz CT molecular complexity index is 443. The average Bonchev–Trinajstić information content (AvgIpc) is 2.18. The normalized spacial score (nSPS) is 13.0. The molecule has 0 aromatic heterocycles. The van der Waals surface area contributed by atoms with E-state index in [1.54, 1.807) is 39.8 Å². The van der Waals surface area contributed by atoms with Crippen LogP contribution in [-0.2, 0) is 4.74 Å². The number of ether oxygens (including phenoxy) is 1. The van der Waals surface area contributed by atoms with Gasteiger partial charge in [0.2, 0.25) is 0 Å². The van der Waals surface area contributed by atoms with Gasteiger partial charge in [0.1, 0.15) is 11.4 Å². The van der Waals surface area contributed by atoms with Crippen LogP contribution in [0.4, 0.5) is 9.18 Å². The predicted octanol–water partition coefficient (Wildman–Crippen LogP) is 4.06. The van der Waals surface area contributed by atoms with Gasteiger partial charge >= 0.3 is 6.09 Å². The van der Waals surface area contributed by atoms with Gasteiger partial charge in [0, 0.05) is 5.56 Å². The van der Waals surface area contributed by atoms with Crippen molar-refractivity contribution in [3.8, 4) is 0 Å². The van der Waals surface area contributed by atoms with Crippen molar-refractivity contribution in [3.63, 3.8) is 0 Å². The molecule has 1 unspecified atom stereocenters. The van der Waals surface area contributed by atoms with Gasteiger partial charge in [0.25, 0.3) is 0 Å². The number of carbonyl (C=O) groups excluding carboxylic acids is 1. The highest BCUT2D eigenvalue weighted by molar-refractivity contribution is 6.30. The van der Waals surface area contributed by atoms with Gasteiger partial charge in [-0.25, -0.2) is 9.18 Å². The average molecular weight is 274 g/mol. The summed E-state index contributed by atoms with van der Waals surface area (Å²) in [7, 11) is 0. The molecule has 0 fully saturated rings. The van der Waals surface area contributed by atoms with Crippen LogP contribution < -0.4 is 5.32 Å². The Labute approximate surface area is 111 Å². The fourth-order valence-corrected chi connectivity index (χ4v) is 1.60. The molecular weight excluding hydrogens is 257 g/mol. The number of nitrogens with one attached hydrogen (secondary N) is 1. The number of rotatable bonds is 2. The third-order valence-electron chi connectivity index (χ3n) is 2.18.